The molecule has 0 aliphatic rings. The first-order chi connectivity index (χ1) is 10.5. The van der Waals surface area contributed by atoms with E-state index in [4.69, 9.17) is 9.52 Å². The number of para-hydroxylation sites is 1. The number of anilines is 1. The fraction of sp³-hybridized carbons (Fsp3) is 0.125. The van der Waals surface area contributed by atoms with Gasteiger partial charge < -0.3 is 14.8 Å². The van der Waals surface area contributed by atoms with E-state index in [1.807, 2.05) is 0 Å². The number of aliphatic hydroxyl groups excluding tert-OH is 1. The molecular formula is C16H13FN2O3. The Kier molecular flexibility index (Phi) is 3.60. The third-order valence-electron chi connectivity index (χ3n) is 3.15. The maximum Gasteiger partial charge on any atom is 0.252 e. The number of fused-ring (bicyclic) bond motifs is 1. The fourth-order valence-electron chi connectivity index (χ4n) is 1.98. The van der Waals surface area contributed by atoms with Crippen LogP contribution in [0, 0.1) is 5.82 Å². The molecule has 22 heavy (non-hydrogen) atoms. The minimum absolute atomic E-state index is 0.115. The van der Waals surface area contributed by atoms with Gasteiger partial charge in [-0.1, -0.05) is 6.07 Å². The lowest BCUT2D eigenvalue weighted by Crippen LogP contribution is -2.24. The van der Waals surface area contributed by atoms with E-state index in [-0.39, 0.29) is 5.58 Å². The van der Waals surface area contributed by atoms with Gasteiger partial charge in [0.2, 0.25) is 5.89 Å². The molecule has 0 saturated carbocycles. The second-order valence-electron chi connectivity index (χ2n) is 4.85. The van der Waals surface area contributed by atoms with Gasteiger partial charge >= 0.3 is 0 Å². The lowest BCUT2D eigenvalue weighted by atomic mass is 10.2. The number of hydrogen-bond acceptors (Lipinski definition) is 4. The molecule has 2 aromatic carbocycles. The molecule has 0 fully saturated rings. The summed E-state index contributed by atoms with van der Waals surface area (Å²) < 4.78 is 19.0. The smallest absolute Gasteiger partial charge is 0.252 e. The van der Waals surface area contributed by atoms with Gasteiger partial charge in [0.05, 0.1) is 0 Å². The molecule has 2 N–H and O–H groups in total. The Hall–Kier alpha value is -2.73. The van der Waals surface area contributed by atoms with Gasteiger partial charge in [0, 0.05) is 11.3 Å². The largest absolute Gasteiger partial charge is 0.433 e. The maximum absolute atomic E-state index is 13.6. The van der Waals surface area contributed by atoms with Crippen molar-refractivity contribution in [2.75, 3.05) is 5.32 Å². The van der Waals surface area contributed by atoms with E-state index in [1.165, 1.54) is 13.0 Å². The summed E-state index contributed by atoms with van der Waals surface area (Å²) in [5.74, 6) is -0.651. The highest BCUT2D eigenvalue weighted by molar-refractivity contribution is 5.93. The summed E-state index contributed by atoms with van der Waals surface area (Å²) in [6, 6.07) is 11.2. The van der Waals surface area contributed by atoms with E-state index >= 15 is 0 Å². The monoisotopic (exact) mass is 300 g/mol. The summed E-state index contributed by atoms with van der Waals surface area (Å²) in [7, 11) is 0. The molecule has 1 amide bonds. The van der Waals surface area contributed by atoms with Crippen LogP contribution in [0.2, 0.25) is 0 Å². The zero-order valence-corrected chi connectivity index (χ0v) is 11.7. The molecule has 1 atom stereocenters. The number of carbonyl (C=O) groups excluding carboxylic acids is 1. The molecule has 1 aromatic heterocycles. The van der Waals surface area contributed by atoms with Crippen molar-refractivity contribution in [2.45, 2.75) is 13.0 Å². The highest BCUT2D eigenvalue weighted by Gasteiger charge is 2.12. The minimum atomic E-state index is -1.08. The molecule has 112 valence electrons. The van der Waals surface area contributed by atoms with E-state index < -0.39 is 17.8 Å². The molecular weight excluding hydrogens is 287 g/mol. The molecule has 0 bridgehead atoms. The van der Waals surface area contributed by atoms with Crippen molar-refractivity contribution in [2.24, 2.45) is 0 Å². The van der Waals surface area contributed by atoms with E-state index in [1.54, 1.807) is 36.4 Å². The van der Waals surface area contributed by atoms with Crippen molar-refractivity contribution >= 4 is 22.7 Å². The average Bonchev–Trinajstić information content (AvgIpc) is 2.93. The van der Waals surface area contributed by atoms with Crippen LogP contribution in [0.1, 0.15) is 6.92 Å². The van der Waals surface area contributed by atoms with Crippen LogP contribution < -0.4 is 5.32 Å². The van der Waals surface area contributed by atoms with Crippen LogP contribution in [0.5, 0.6) is 0 Å². The van der Waals surface area contributed by atoms with E-state index in [0.717, 1.165) is 0 Å². The third-order valence-corrected chi connectivity index (χ3v) is 3.15. The van der Waals surface area contributed by atoms with Gasteiger partial charge in [-0.05, 0) is 43.3 Å². The molecule has 0 aliphatic heterocycles. The highest BCUT2D eigenvalue weighted by Crippen LogP contribution is 2.26. The molecule has 0 spiro atoms. The van der Waals surface area contributed by atoms with Gasteiger partial charge in [0.15, 0.2) is 11.4 Å². The maximum atomic E-state index is 13.6. The van der Waals surface area contributed by atoms with Crippen LogP contribution in [-0.4, -0.2) is 22.1 Å². The van der Waals surface area contributed by atoms with E-state index in [2.05, 4.69) is 10.3 Å². The van der Waals surface area contributed by atoms with Gasteiger partial charge in [-0.15, -0.1) is 0 Å². The van der Waals surface area contributed by atoms with Gasteiger partial charge in [-0.2, -0.15) is 0 Å². The summed E-state index contributed by atoms with van der Waals surface area (Å²) >= 11 is 0. The van der Waals surface area contributed by atoms with Crippen LogP contribution in [-0.2, 0) is 4.79 Å². The Morgan fingerprint density at radius 3 is 2.64 bits per heavy atom. The predicted octanol–water partition coefficient (Wildman–Crippen LogP) is 2.95. The molecule has 6 heteroatoms. The number of amides is 1. The normalized spacial score (nSPS) is 12.3. The van der Waals surface area contributed by atoms with Gasteiger partial charge in [-0.25, -0.2) is 9.37 Å². The minimum Gasteiger partial charge on any atom is -0.433 e. The lowest BCUT2D eigenvalue weighted by molar-refractivity contribution is -0.123. The number of aromatic nitrogens is 1. The van der Waals surface area contributed by atoms with Crippen molar-refractivity contribution in [1.29, 1.82) is 0 Å². The van der Waals surface area contributed by atoms with Crippen molar-refractivity contribution in [3.05, 3.63) is 48.3 Å². The summed E-state index contributed by atoms with van der Waals surface area (Å²) in [6.07, 6.45) is -1.08. The first kappa shape index (κ1) is 14.2. The first-order valence-corrected chi connectivity index (χ1v) is 6.69. The Morgan fingerprint density at radius 1 is 1.27 bits per heavy atom. The Bertz CT molecular complexity index is 825. The molecule has 3 aromatic rings. The quantitative estimate of drug-likeness (QED) is 0.780. The number of oxazole rings is 1. The molecule has 0 saturated heterocycles. The molecule has 5 nitrogen and oxygen atoms in total. The Labute approximate surface area is 125 Å². The first-order valence-electron chi connectivity index (χ1n) is 6.69. The summed E-state index contributed by atoms with van der Waals surface area (Å²) in [4.78, 5) is 15.6. The number of rotatable bonds is 3. The molecule has 0 radical (unpaired) electrons. The zero-order chi connectivity index (χ0) is 15.7. The topological polar surface area (TPSA) is 75.4 Å². The Morgan fingerprint density at radius 2 is 2.00 bits per heavy atom. The Balaban J connectivity index is 1.88. The van der Waals surface area contributed by atoms with Gasteiger partial charge in [-0.3, -0.25) is 4.79 Å². The summed E-state index contributed by atoms with van der Waals surface area (Å²) in [5.41, 5.74) is 1.76. The van der Waals surface area contributed by atoms with E-state index in [0.29, 0.717) is 22.7 Å². The number of benzene rings is 2. The average molecular weight is 300 g/mol. The number of aliphatic hydroxyl groups is 1. The van der Waals surface area contributed by atoms with E-state index in [9.17, 15) is 9.18 Å². The summed E-state index contributed by atoms with van der Waals surface area (Å²) in [6.45, 7) is 1.39. The second-order valence-corrected chi connectivity index (χ2v) is 4.85. The molecule has 1 heterocycles. The predicted molar refractivity (Wildman–Crippen MR) is 79.7 cm³/mol. The summed E-state index contributed by atoms with van der Waals surface area (Å²) in [5, 5.41) is 11.7. The van der Waals surface area contributed by atoms with Crippen LogP contribution in [0.4, 0.5) is 10.1 Å². The highest BCUT2D eigenvalue weighted by atomic mass is 19.1. The zero-order valence-electron chi connectivity index (χ0n) is 11.7. The lowest BCUT2D eigenvalue weighted by Gasteiger charge is -2.07. The second kappa shape index (κ2) is 5.57. The van der Waals surface area contributed by atoms with Gasteiger partial charge in [0.25, 0.3) is 5.91 Å². The fourth-order valence-corrected chi connectivity index (χ4v) is 1.98. The number of hydrogen-bond donors (Lipinski definition) is 2. The van der Waals surface area contributed by atoms with Crippen molar-refractivity contribution < 1.29 is 18.7 Å². The SMILES string of the molecule is CC(O)C(=O)Nc1ccc(-c2nc3cccc(F)c3o2)cc1. The molecule has 0 aliphatic carbocycles. The number of carbonyl (C=O) groups is 1. The number of nitrogens with one attached hydrogen (secondary N) is 1. The van der Waals surface area contributed by atoms with Crippen LogP contribution >= 0.6 is 0 Å². The standard InChI is InChI=1S/C16H13FN2O3/c1-9(20)15(21)18-11-7-5-10(6-8-11)16-19-13-4-2-3-12(17)14(13)22-16/h2-9,20H,1H3,(H,18,21). The van der Waals surface area contributed by atoms with Crippen LogP contribution in [0.3, 0.4) is 0 Å². The number of nitrogens with zero attached hydrogens (tertiary/aromatic N) is 1. The van der Waals surface area contributed by atoms with Crippen LogP contribution in [0.25, 0.3) is 22.6 Å². The van der Waals surface area contributed by atoms with Crippen molar-refractivity contribution in [3.8, 4) is 11.5 Å². The van der Waals surface area contributed by atoms with Crippen molar-refractivity contribution in [1.82, 2.24) is 4.98 Å². The molecule has 1 unspecified atom stereocenters. The van der Waals surface area contributed by atoms with Gasteiger partial charge in [0.1, 0.15) is 11.6 Å². The van der Waals surface area contributed by atoms with Crippen molar-refractivity contribution in [3.63, 3.8) is 0 Å². The molecule has 3 rings (SSSR count). The number of halogens is 1. The third kappa shape index (κ3) is 2.68. The van der Waals surface area contributed by atoms with Crippen LogP contribution in [0.15, 0.2) is 46.9 Å².